The summed E-state index contributed by atoms with van der Waals surface area (Å²) in [6.45, 7) is 6.49. The van der Waals surface area contributed by atoms with E-state index in [0.29, 0.717) is 12.8 Å². The zero-order valence-corrected chi connectivity index (χ0v) is 54.8. The quantitative estimate of drug-likeness (QED) is 0.0261. The van der Waals surface area contributed by atoms with E-state index < -0.39 is 12.1 Å². The summed E-state index contributed by atoms with van der Waals surface area (Å²) in [7, 11) is 0. The van der Waals surface area contributed by atoms with Crippen LogP contribution in [-0.2, 0) is 28.6 Å². The lowest BCUT2D eigenvalue weighted by Crippen LogP contribution is -2.30. The normalized spacial score (nSPS) is 12.5. The maximum absolute atomic E-state index is 12.8. The Morgan fingerprint density at radius 1 is 0.268 bits per heavy atom. The van der Waals surface area contributed by atoms with E-state index >= 15 is 0 Å². The Morgan fingerprint density at radius 2 is 0.512 bits per heavy atom. The average Bonchev–Trinajstić information content (AvgIpc) is 3.47. The zero-order valence-electron chi connectivity index (χ0n) is 54.8. The molecule has 0 aromatic carbocycles. The number of rotatable bonds is 66. The van der Waals surface area contributed by atoms with Crippen molar-refractivity contribution in [2.75, 3.05) is 13.2 Å². The summed E-state index contributed by atoms with van der Waals surface area (Å²) >= 11 is 0. The Kier molecular flexibility index (Phi) is 67.6. The second kappa shape index (κ2) is 70.3. The van der Waals surface area contributed by atoms with Crippen LogP contribution in [-0.4, -0.2) is 37.2 Å². The van der Waals surface area contributed by atoms with E-state index in [1.165, 1.54) is 263 Å². The van der Waals surface area contributed by atoms with Crippen molar-refractivity contribution in [3.8, 4) is 0 Å². The van der Waals surface area contributed by atoms with Gasteiger partial charge in [-0.15, -0.1) is 0 Å². The van der Waals surface area contributed by atoms with Gasteiger partial charge in [0.2, 0.25) is 0 Å². The summed E-state index contributed by atoms with van der Waals surface area (Å²) in [6.07, 6.45) is 92.8. The molecule has 82 heavy (non-hydrogen) atoms. The highest BCUT2D eigenvalue weighted by atomic mass is 16.6. The number of carbonyl (C=O) groups excluding carboxylic acids is 3. The first-order chi connectivity index (χ1) is 40.5. The smallest absolute Gasteiger partial charge is 0.310 e. The van der Waals surface area contributed by atoms with Crippen LogP contribution in [0.25, 0.3) is 0 Å². The van der Waals surface area contributed by atoms with Gasteiger partial charge in [0.1, 0.15) is 13.2 Å². The van der Waals surface area contributed by atoms with Crippen molar-refractivity contribution in [3.63, 3.8) is 0 Å². The van der Waals surface area contributed by atoms with Gasteiger partial charge in [-0.1, -0.05) is 357 Å². The van der Waals surface area contributed by atoms with Crippen molar-refractivity contribution in [1.29, 1.82) is 0 Å². The SMILES string of the molecule is CC/C=C\C/C=C\C/C=C\C/C=C\C/C=C\CC(=O)OC(COC(=O)CCCCCCCCCCCCCCCC)COC(=O)CCCCCCCCCCCCCCCCCCCCCCCCC/C=C\CCCCCCCCCC. The molecular weight excluding hydrogens is 1010 g/mol. The summed E-state index contributed by atoms with van der Waals surface area (Å²) in [6, 6.07) is 0. The third kappa shape index (κ3) is 67.6. The number of carbonyl (C=O) groups is 3. The molecule has 0 saturated heterocycles. The van der Waals surface area contributed by atoms with Crippen LogP contribution in [0.3, 0.4) is 0 Å². The van der Waals surface area contributed by atoms with Crippen LogP contribution in [0, 0.1) is 0 Å². The van der Waals surface area contributed by atoms with Crippen LogP contribution in [0.2, 0.25) is 0 Å². The van der Waals surface area contributed by atoms with Gasteiger partial charge in [-0.25, -0.2) is 0 Å². The number of hydrogen-bond acceptors (Lipinski definition) is 6. The van der Waals surface area contributed by atoms with Crippen molar-refractivity contribution in [3.05, 3.63) is 72.9 Å². The lowest BCUT2D eigenvalue weighted by atomic mass is 10.0. The van der Waals surface area contributed by atoms with Crippen LogP contribution in [0.1, 0.15) is 374 Å². The van der Waals surface area contributed by atoms with Crippen LogP contribution in [0.15, 0.2) is 72.9 Å². The van der Waals surface area contributed by atoms with Gasteiger partial charge in [0.05, 0.1) is 6.42 Å². The van der Waals surface area contributed by atoms with Crippen LogP contribution in [0.5, 0.6) is 0 Å². The van der Waals surface area contributed by atoms with Gasteiger partial charge in [-0.3, -0.25) is 14.4 Å². The predicted octanol–water partition coefficient (Wildman–Crippen LogP) is 24.8. The van der Waals surface area contributed by atoms with E-state index in [4.69, 9.17) is 14.2 Å². The Hall–Kier alpha value is -3.15. The molecule has 0 fully saturated rings. The maximum Gasteiger partial charge on any atom is 0.310 e. The molecule has 0 bridgehead atoms. The molecule has 0 radical (unpaired) electrons. The molecule has 0 aliphatic heterocycles. The number of unbranched alkanes of at least 4 members (excludes halogenated alkanes) is 44. The molecule has 1 atom stereocenters. The second-order valence-corrected chi connectivity index (χ2v) is 24.1. The largest absolute Gasteiger partial charge is 0.462 e. The fraction of sp³-hybridized carbons (Fsp3) is 0.803. The minimum atomic E-state index is -0.828. The van der Waals surface area contributed by atoms with Gasteiger partial charge < -0.3 is 14.2 Å². The lowest BCUT2D eigenvalue weighted by molar-refractivity contribution is -0.166. The molecule has 0 aliphatic carbocycles. The fourth-order valence-electron chi connectivity index (χ4n) is 10.6. The van der Waals surface area contributed by atoms with Crippen molar-refractivity contribution in [1.82, 2.24) is 0 Å². The van der Waals surface area contributed by atoms with Crippen molar-refractivity contribution < 1.29 is 28.6 Å². The summed E-state index contributed by atoms with van der Waals surface area (Å²) < 4.78 is 16.8. The van der Waals surface area contributed by atoms with E-state index in [2.05, 4.69) is 81.5 Å². The zero-order chi connectivity index (χ0) is 59.2. The molecule has 0 amide bonds. The molecule has 0 saturated carbocycles. The summed E-state index contributed by atoms with van der Waals surface area (Å²) in [5, 5.41) is 0. The molecule has 0 aromatic rings. The molecule has 0 aromatic heterocycles. The van der Waals surface area contributed by atoms with Gasteiger partial charge >= 0.3 is 17.9 Å². The monoisotopic (exact) mass is 1150 g/mol. The second-order valence-electron chi connectivity index (χ2n) is 24.1. The number of esters is 3. The van der Waals surface area contributed by atoms with Crippen molar-refractivity contribution in [2.45, 2.75) is 380 Å². The Balaban J connectivity index is 4.12. The van der Waals surface area contributed by atoms with E-state index in [1.54, 1.807) is 6.08 Å². The average molecular weight is 1150 g/mol. The maximum atomic E-state index is 12.8. The molecule has 1 unspecified atom stereocenters. The van der Waals surface area contributed by atoms with Crippen molar-refractivity contribution >= 4 is 17.9 Å². The minimum absolute atomic E-state index is 0.101. The Bertz CT molecular complexity index is 1500. The van der Waals surface area contributed by atoms with Gasteiger partial charge in [0.15, 0.2) is 6.10 Å². The Labute approximate surface area is 510 Å². The molecule has 476 valence electrons. The molecular formula is C76H136O6. The summed E-state index contributed by atoms with van der Waals surface area (Å²) in [5.41, 5.74) is 0. The number of allylic oxidation sites excluding steroid dienone is 11. The van der Waals surface area contributed by atoms with Crippen LogP contribution >= 0.6 is 0 Å². The predicted molar refractivity (Wildman–Crippen MR) is 358 cm³/mol. The summed E-state index contributed by atoms with van der Waals surface area (Å²) in [5.74, 6) is -1.02. The highest BCUT2D eigenvalue weighted by Gasteiger charge is 2.19. The third-order valence-electron chi connectivity index (χ3n) is 16.0. The number of hydrogen-bond donors (Lipinski definition) is 0. The van der Waals surface area contributed by atoms with Gasteiger partial charge in [0.25, 0.3) is 0 Å². The first-order valence-electron chi connectivity index (χ1n) is 35.9. The van der Waals surface area contributed by atoms with E-state index in [0.717, 1.165) is 70.6 Å². The van der Waals surface area contributed by atoms with Crippen molar-refractivity contribution in [2.24, 2.45) is 0 Å². The lowest BCUT2D eigenvalue weighted by Gasteiger charge is -2.18. The van der Waals surface area contributed by atoms with E-state index in [9.17, 15) is 14.4 Å². The Morgan fingerprint density at radius 3 is 0.793 bits per heavy atom. The highest BCUT2D eigenvalue weighted by Crippen LogP contribution is 2.18. The minimum Gasteiger partial charge on any atom is -0.462 e. The van der Waals surface area contributed by atoms with Gasteiger partial charge in [-0.2, -0.15) is 0 Å². The summed E-state index contributed by atoms with van der Waals surface area (Å²) in [4.78, 5) is 38.3. The molecule has 0 aliphatic rings. The standard InChI is InChI=1S/C76H136O6/c1-4-7-10-13-16-19-22-25-28-29-30-31-32-33-34-35-36-37-38-39-40-41-42-43-44-45-46-47-49-51-54-57-60-63-66-69-75(78)81-72-73(71-80-74(77)68-65-62-59-56-53-50-27-24-21-18-15-12-9-6-3)82-76(79)70-67-64-61-58-55-52-48-26-23-20-17-14-11-8-5-2/h8,11,17,20,26,29-30,48,55,58,64,67,73H,4-7,9-10,12-16,18-19,21-25,27-28,31-47,49-54,56-57,59-63,65-66,68-72H2,1-3H3/b11-8-,20-17-,30-29-,48-26-,58-55-,67-64-. The first kappa shape index (κ1) is 78.8. The molecule has 6 heteroatoms. The number of ether oxygens (including phenoxy) is 3. The fourth-order valence-corrected chi connectivity index (χ4v) is 10.6. The van der Waals surface area contributed by atoms with Gasteiger partial charge in [0, 0.05) is 12.8 Å². The van der Waals surface area contributed by atoms with E-state index in [1.807, 2.05) is 6.08 Å². The first-order valence-corrected chi connectivity index (χ1v) is 35.9. The molecule has 0 spiro atoms. The van der Waals surface area contributed by atoms with E-state index in [-0.39, 0.29) is 31.6 Å². The topological polar surface area (TPSA) is 78.9 Å². The molecule has 6 nitrogen and oxygen atoms in total. The molecule has 0 rings (SSSR count). The van der Waals surface area contributed by atoms with Crippen LogP contribution in [0.4, 0.5) is 0 Å². The third-order valence-corrected chi connectivity index (χ3v) is 16.0. The van der Waals surface area contributed by atoms with Gasteiger partial charge in [-0.05, 0) is 70.6 Å². The molecule has 0 heterocycles. The van der Waals surface area contributed by atoms with Crippen LogP contribution < -0.4 is 0 Å². The highest BCUT2D eigenvalue weighted by molar-refractivity contribution is 5.72. The molecule has 0 N–H and O–H groups in total.